The van der Waals surface area contributed by atoms with Gasteiger partial charge in [-0.25, -0.2) is 4.79 Å². The van der Waals surface area contributed by atoms with Crippen molar-refractivity contribution in [3.8, 4) is 5.75 Å². The van der Waals surface area contributed by atoms with Crippen molar-refractivity contribution in [1.29, 1.82) is 0 Å². The predicted octanol–water partition coefficient (Wildman–Crippen LogP) is 2.40. The molecule has 34 heavy (non-hydrogen) atoms. The summed E-state index contributed by atoms with van der Waals surface area (Å²) in [6, 6.07) is 3.19. The first kappa shape index (κ1) is 23.6. The van der Waals surface area contributed by atoms with Crippen molar-refractivity contribution in [3.05, 3.63) is 34.3 Å². The lowest BCUT2D eigenvalue weighted by Crippen LogP contribution is -2.81. The average Bonchev–Trinajstić information content (AvgIpc) is 3.33. The molecule has 2 fully saturated rings. The van der Waals surface area contributed by atoms with E-state index in [9.17, 15) is 14.7 Å². The number of aliphatic hydroxyl groups is 1. The molecule has 5 rings (SSSR count). The van der Waals surface area contributed by atoms with E-state index >= 15 is 0 Å². The van der Waals surface area contributed by atoms with E-state index in [0.717, 1.165) is 35.2 Å². The Bertz CT molecular complexity index is 1090. The minimum atomic E-state index is -2.11. The molecule has 1 saturated carbocycles. The molecule has 0 amide bonds. The highest BCUT2D eigenvalue weighted by Gasteiger charge is 2.80. The van der Waals surface area contributed by atoms with Crippen molar-refractivity contribution in [2.75, 3.05) is 39.3 Å². The summed E-state index contributed by atoms with van der Waals surface area (Å²) in [4.78, 5) is 30.3. The molecule has 8 nitrogen and oxygen atoms in total. The van der Waals surface area contributed by atoms with Crippen LogP contribution in [0.25, 0.3) is 0 Å². The molecule has 6 unspecified atom stereocenters. The van der Waals surface area contributed by atoms with Crippen molar-refractivity contribution in [1.82, 2.24) is 4.90 Å². The fourth-order valence-corrected chi connectivity index (χ4v) is 8.55. The van der Waals surface area contributed by atoms with Gasteiger partial charge in [0.1, 0.15) is 5.75 Å². The van der Waals surface area contributed by atoms with Crippen molar-refractivity contribution >= 4 is 33.6 Å². The van der Waals surface area contributed by atoms with E-state index in [1.165, 1.54) is 14.0 Å². The highest BCUT2D eigenvalue weighted by Crippen LogP contribution is 2.68. The van der Waals surface area contributed by atoms with Crippen LogP contribution in [0.2, 0.25) is 0 Å². The first-order valence-electron chi connectivity index (χ1n) is 11.6. The number of nitrogens with zero attached hydrogens (tertiary/aromatic N) is 2. The van der Waals surface area contributed by atoms with E-state index in [1.54, 1.807) is 7.11 Å². The van der Waals surface area contributed by atoms with Gasteiger partial charge in [-0.3, -0.25) is 9.69 Å². The molecule has 3 aliphatic heterocycles. The number of halogens is 1. The Morgan fingerprint density at radius 1 is 1.26 bits per heavy atom. The smallest absolute Gasteiger partial charge is 0.344 e. The third-order valence-electron chi connectivity index (χ3n) is 8.69. The summed E-state index contributed by atoms with van der Waals surface area (Å²) < 4.78 is 17.5. The van der Waals surface area contributed by atoms with Crippen molar-refractivity contribution in [3.63, 3.8) is 0 Å². The van der Waals surface area contributed by atoms with Crippen LogP contribution < -0.4 is 9.64 Å². The first-order chi connectivity index (χ1) is 16.1. The Labute approximate surface area is 207 Å². The maximum atomic E-state index is 13.6. The van der Waals surface area contributed by atoms with Crippen LogP contribution in [-0.2, 0) is 24.5 Å². The molecule has 1 aliphatic carbocycles. The Morgan fingerprint density at radius 2 is 2.00 bits per heavy atom. The number of carbonyl (C=O) groups is 2. The van der Waals surface area contributed by atoms with Crippen LogP contribution >= 0.6 is 15.9 Å². The Kier molecular flexibility index (Phi) is 5.35. The van der Waals surface area contributed by atoms with Crippen molar-refractivity contribution < 1.29 is 28.9 Å². The standard InChI is InChI=1S/C25H31BrN2O6/c1-6-23-10-7-12-28-13-11-24(19(23)28)15-8-9-16(32-4)17(26)18(15)27(3)20(24)25(31,22(30)33-5)21(23)34-14(2)29/h7-10,19-21,31H,6,11-13H2,1-5H3. The molecule has 4 aliphatic rings. The monoisotopic (exact) mass is 534 g/mol. The topological polar surface area (TPSA) is 88.5 Å². The predicted molar refractivity (Wildman–Crippen MR) is 129 cm³/mol. The van der Waals surface area contributed by atoms with E-state index in [0.29, 0.717) is 12.2 Å². The molecule has 3 heterocycles. The Hall–Kier alpha value is -2.10. The third kappa shape index (κ3) is 2.55. The van der Waals surface area contributed by atoms with Gasteiger partial charge in [-0.15, -0.1) is 0 Å². The number of likely N-dealkylation sites (N-methyl/N-ethyl adjacent to an activating group) is 1. The van der Waals surface area contributed by atoms with E-state index < -0.39 is 40.5 Å². The molecule has 1 N–H and O–H groups in total. The lowest BCUT2D eigenvalue weighted by molar-refractivity contribution is -0.228. The van der Waals surface area contributed by atoms with Crippen LogP contribution in [0, 0.1) is 5.41 Å². The van der Waals surface area contributed by atoms with Crippen LogP contribution in [0.1, 0.15) is 32.3 Å². The lowest BCUT2D eigenvalue weighted by Gasteiger charge is -2.63. The molecule has 1 saturated heterocycles. The van der Waals surface area contributed by atoms with Gasteiger partial charge in [-0.1, -0.05) is 25.1 Å². The molecular weight excluding hydrogens is 504 g/mol. The zero-order valence-corrected chi connectivity index (χ0v) is 21.7. The third-order valence-corrected chi connectivity index (χ3v) is 9.45. The van der Waals surface area contributed by atoms with Crippen LogP contribution in [0.15, 0.2) is 28.8 Å². The zero-order valence-electron chi connectivity index (χ0n) is 20.1. The number of rotatable bonds is 4. The minimum absolute atomic E-state index is 0.0849. The molecule has 0 radical (unpaired) electrons. The summed E-state index contributed by atoms with van der Waals surface area (Å²) in [6.07, 6.45) is 4.33. The maximum Gasteiger partial charge on any atom is 0.344 e. The van der Waals surface area contributed by atoms with Gasteiger partial charge in [0, 0.05) is 37.4 Å². The first-order valence-corrected chi connectivity index (χ1v) is 12.4. The van der Waals surface area contributed by atoms with Crippen LogP contribution in [-0.4, -0.2) is 80.1 Å². The van der Waals surface area contributed by atoms with Gasteiger partial charge in [-0.2, -0.15) is 0 Å². The van der Waals surface area contributed by atoms with Crippen LogP contribution in [0.3, 0.4) is 0 Å². The van der Waals surface area contributed by atoms with Crippen LogP contribution in [0.5, 0.6) is 5.75 Å². The number of benzene rings is 1. The largest absolute Gasteiger partial charge is 0.495 e. The highest BCUT2D eigenvalue weighted by atomic mass is 79.9. The number of ether oxygens (including phenoxy) is 3. The molecule has 1 aromatic rings. The maximum absolute atomic E-state index is 13.6. The zero-order chi connectivity index (χ0) is 24.6. The molecule has 1 aromatic carbocycles. The molecule has 6 atom stereocenters. The summed E-state index contributed by atoms with van der Waals surface area (Å²) in [5.74, 6) is -0.675. The number of hydrogen-bond donors (Lipinski definition) is 1. The molecule has 0 aromatic heterocycles. The number of anilines is 1. The molecular formula is C25H31BrN2O6. The van der Waals surface area contributed by atoms with Gasteiger partial charge in [0.2, 0.25) is 5.60 Å². The van der Waals surface area contributed by atoms with E-state index in [2.05, 4.69) is 39.0 Å². The van der Waals surface area contributed by atoms with Crippen molar-refractivity contribution in [2.45, 2.75) is 55.9 Å². The average molecular weight is 535 g/mol. The second-order valence-electron chi connectivity index (χ2n) is 9.85. The fourth-order valence-electron chi connectivity index (χ4n) is 7.77. The van der Waals surface area contributed by atoms with E-state index in [1.807, 2.05) is 24.9 Å². The minimum Gasteiger partial charge on any atom is -0.495 e. The van der Waals surface area contributed by atoms with Gasteiger partial charge in [0.15, 0.2) is 6.10 Å². The fraction of sp³-hybridized carbons (Fsp3) is 0.600. The summed E-state index contributed by atoms with van der Waals surface area (Å²) >= 11 is 3.72. The van der Waals surface area contributed by atoms with Gasteiger partial charge >= 0.3 is 11.9 Å². The van der Waals surface area contributed by atoms with Gasteiger partial charge in [0.05, 0.1) is 30.4 Å². The molecule has 184 valence electrons. The number of esters is 2. The highest BCUT2D eigenvalue weighted by molar-refractivity contribution is 9.10. The second kappa shape index (κ2) is 7.70. The molecule has 0 bridgehead atoms. The summed E-state index contributed by atoms with van der Waals surface area (Å²) in [6.45, 7) is 4.91. The normalized spacial score (nSPS) is 37.6. The van der Waals surface area contributed by atoms with Crippen molar-refractivity contribution in [2.24, 2.45) is 5.41 Å². The lowest BCUT2D eigenvalue weighted by atomic mass is 9.47. The quantitative estimate of drug-likeness (QED) is 0.465. The van der Waals surface area contributed by atoms with Crippen LogP contribution in [0.4, 0.5) is 5.69 Å². The van der Waals surface area contributed by atoms with E-state index in [-0.39, 0.29) is 6.04 Å². The van der Waals surface area contributed by atoms with Gasteiger partial charge in [-0.05, 0) is 46.9 Å². The number of carbonyl (C=O) groups excluding carboxylic acids is 2. The number of hydrogen-bond acceptors (Lipinski definition) is 8. The van der Waals surface area contributed by atoms with E-state index in [4.69, 9.17) is 14.2 Å². The second-order valence-corrected chi connectivity index (χ2v) is 10.6. The van der Waals surface area contributed by atoms with Gasteiger partial charge < -0.3 is 24.2 Å². The molecule has 1 spiro atoms. The Morgan fingerprint density at radius 3 is 2.62 bits per heavy atom. The molecule has 9 heteroatoms. The SMILES string of the molecule is CCC12C=CCN3CCC4(c5ccc(OC)c(Br)c5N(C)C4C(O)(C(=O)OC)C1OC(C)=O)C32. The number of methoxy groups -OCH3 is 2. The Balaban J connectivity index is 1.89. The summed E-state index contributed by atoms with van der Waals surface area (Å²) in [5.41, 5.74) is -1.56. The number of fused-ring (bicyclic) bond motifs is 1. The summed E-state index contributed by atoms with van der Waals surface area (Å²) in [7, 11) is 4.75. The summed E-state index contributed by atoms with van der Waals surface area (Å²) in [5, 5.41) is 12.5. The van der Waals surface area contributed by atoms with Gasteiger partial charge in [0.25, 0.3) is 0 Å².